The third-order valence-electron chi connectivity index (χ3n) is 3.06. The predicted molar refractivity (Wildman–Crippen MR) is 69.7 cm³/mol. The van der Waals surface area contributed by atoms with Crippen molar-refractivity contribution < 1.29 is 23.7 Å². The van der Waals surface area contributed by atoms with Crippen LogP contribution in [-0.2, 0) is 0 Å². The molecule has 17 heavy (non-hydrogen) atoms. The van der Waals surface area contributed by atoms with Crippen molar-refractivity contribution in [2.45, 2.75) is 38.3 Å². The molecule has 0 atom stereocenters. The van der Waals surface area contributed by atoms with Crippen molar-refractivity contribution in [1.29, 1.82) is 0 Å². The summed E-state index contributed by atoms with van der Waals surface area (Å²) >= 11 is 6.08. The van der Waals surface area contributed by atoms with Crippen molar-refractivity contribution in [3.63, 3.8) is 0 Å². The van der Waals surface area contributed by atoms with Gasteiger partial charge >= 0.3 is 18.9 Å². The standard InChI is InChI=1S/C13H15ClOP.Li/c1-9-5-4-8-11(14)12(9)13(15)16-10-6-2-3-7-10;/h4-5,8,10H,2-3,6-7H2,1H3;/q-1;+1. The average Bonchev–Trinajstić information content (AvgIpc) is 2.70. The fraction of sp³-hybridized carbons (Fsp3) is 0.462. The van der Waals surface area contributed by atoms with Gasteiger partial charge < -0.3 is 13.4 Å². The first-order valence-corrected chi connectivity index (χ1v) is 7.03. The van der Waals surface area contributed by atoms with E-state index in [0.717, 1.165) is 19.7 Å². The Morgan fingerprint density at radius 3 is 2.59 bits per heavy atom. The number of aryl methyl sites for hydroxylation is 1. The number of hydrogen-bond donors (Lipinski definition) is 0. The summed E-state index contributed by atoms with van der Waals surface area (Å²) in [6.45, 7) is 1.95. The average molecular weight is 261 g/mol. The van der Waals surface area contributed by atoms with E-state index >= 15 is 0 Å². The van der Waals surface area contributed by atoms with Crippen LogP contribution in [0.4, 0.5) is 0 Å². The molecular formula is C13H15ClLiOP. The van der Waals surface area contributed by atoms with Crippen LogP contribution in [0, 0.1) is 6.92 Å². The van der Waals surface area contributed by atoms with Crippen LogP contribution in [-0.4, -0.2) is 11.2 Å². The first-order valence-electron chi connectivity index (χ1n) is 5.69. The summed E-state index contributed by atoms with van der Waals surface area (Å²) in [5, 5.41) is 0.593. The molecule has 1 aliphatic rings. The normalized spacial score (nSPS) is 16.4. The minimum atomic E-state index is 0. The van der Waals surface area contributed by atoms with Crippen LogP contribution in [0.3, 0.4) is 0 Å². The Hall–Kier alpha value is 0.207. The van der Waals surface area contributed by atoms with Gasteiger partial charge in [0.2, 0.25) is 0 Å². The maximum absolute atomic E-state index is 12.1. The summed E-state index contributed by atoms with van der Waals surface area (Å²) in [6, 6.07) is 5.64. The van der Waals surface area contributed by atoms with E-state index in [1.54, 1.807) is 6.07 Å². The third kappa shape index (κ3) is 3.83. The molecule has 1 aromatic carbocycles. The Balaban J connectivity index is 0.00000144. The second-order valence-electron chi connectivity index (χ2n) is 4.30. The molecule has 2 rings (SSSR count). The van der Waals surface area contributed by atoms with Gasteiger partial charge in [-0.05, 0) is 18.6 Å². The van der Waals surface area contributed by atoms with Gasteiger partial charge in [0.05, 0.1) is 0 Å². The van der Waals surface area contributed by atoms with Crippen molar-refractivity contribution in [2.75, 3.05) is 0 Å². The number of rotatable bonds is 3. The van der Waals surface area contributed by atoms with E-state index in [9.17, 15) is 4.79 Å². The van der Waals surface area contributed by atoms with Crippen molar-refractivity contribution in [1.82, 2.24) is 0 Å². The molecule has 0 saturated heterocycles. The number of carbonyl (C=O) groups excluding carboxylic acids is 1. The molecule has 1 aromatic rings. The SMILES string of the molecule is Cc1cccc(Cl)c1C(=O)[P-]C1CCCC1.[Li+]. The summed E-state index contributed by atoms with van der Waals surface area (Å²) in [4.78, 5) is 12.1. The van der Waals surface area contributed by atoms with Crippen LogP contribution < -0.4 is 18.9 Å². The fourth-order valence-corrected chi connectivity index (χ4v) is 3.92. The fourth-order valence-electron chi connectivity index (χ4n) is 2.17. The van der Waals surface area contributed by atoms with Gasteiger partial charge in [0.25, 0.3) is 0 Å². The Bertz CT molecular complexity index is 382. The molecule has 1 saturated carbocycles. The van der Waals surface area contributed by atoms with E-state index in [1.165, 1.54) is 25.7 Å². The van der Waals surface area contributed by atoms with Crippen LogP contribution in [0.15, 0.2) is 18.2 Å². The molecule has 0 unspecified atom stereocenters. The van der Waals surface area contributed by atoms with Gasteiger partial charge in [-0.2, -0.15) is 5.66 Å². The largest absolute Gasteiger partial charge is 1.00 e. The van der Waals surface area contributed by atoms with E-state index in [0.29, 0.717) is 10.7 Å². The second-order valence-corrected chi connectivity index (χ2v) is 6.11. The van der Waals surface area contributed by atoms with Gasteiger partial charge in [0.15, 0.2) is 0 Å². The van der Waals surface area contributed by atoms with E-state index in [-0.39, 0.29) is 24.4 Å². The number of halogens is 1. The zero-order valence-corrected chi connectivity index (χ0v) is 12.0. The van der Waals surface area contributed by atoms with Gasteiger partial charge in [-0.25, -0.2) is 0 Å². The summed E-state index contributed by atoms with van der Waals surface area (Å²) < 4.78 is 0. The minimum Gasteiger partial charge on any atom is -0.456 e. The summed E-state index contributed by atoms with van der Waals surface area (Å²) in [7, 11) is 0.936. The first-order chi connectivity index (χ1) is 7.68. The van der Waals surface area contributed by atoms with Gasteiger partial charge in [0.1, 0.15) is 0 Å². The summed E-state index contributed by atoms with van der Waals surface area (Å²) in [5.41, 5.74) is 2.46. The zero-order chi connectivity index (χ0) is 11.5. The molecule has 1 nitrogen and oxygen atoms in total. The van der Waals surface area contributed by atoms with Crippen LogP contribution >= 0.6 is 20.2 Å². The molecule has 0 spiro atoms. The Morgan fingerprint density at radius 2 is 2.00 bits per heavy atom. The van der Waals surface area contributed by atoms with Gasteiger partial charge in [-0.1, -0.05) is 49.4 Å². The zero-order valence-electron chi connectivity index (χ0n) is 10.4. The molecule has 86 valence electrons. The number of carbonyl (C=O) groups is 1. The van der Waals surface area contributed by atoms with Gasteiger partial charge in [-0.15, -0.1) is 0 Å². The summed E-state index contributed by atoms with van der Waals surface area (Å²) in [6.07, 6.45) is 4.92. The third-order valence-corrected chi connectivity index (χ3v) is 4.71. The molecule has 1 aliphatic carbocycles. The van der Waals surface area contributed by atoms with Crippen LogP contribution in [0.25, 0.3) is 0 Å². The molecule has 0 radical (unpaired) electrons. The maximum atomic E-state index is 12.1. The summed E-state index contributed by atoms with van der Waals surface area (Å²) in [5.74, 6) is 0. The minimum absolute atomic E-state index is 0. The van der Waals surface area contributed by atoms with Crippen LogP contribution in [0.2, 0.25) is 5.02 Å². The molecule has 0 aliphatic heterocycles. The topological polar surface area (TPSA) is 17.1 Å². The molecule has 0 N–H and O–H groups in total. The molecule has 0 bridgehead atoms. The quantitative estimate of drug-likeness (QED) is 0.597. The van der Waals surface area contributed by atoms with Crippen molar-refractivity contribution in [3.05, 3.63) is 34.3 Å². The molecule has 1 fully saturated rings. The van der Waals surface area contributed by atoms with E-state index < -0.39 is 0 Å². The van der Waals surface area contributed by atoms with Crippen molar-refractivity contribution >= 4 is 25.7 Å². The van der Waals surface area contributed by atoms with Crippen LogP contribution in [0.5, 0.6) is 0 Å². The maximum Gasteiger partial charge on any atom is 1.00 e. The molecular weight excluding hydrogens is 246 g/mol. The van der Waals surface area contributed by atoms with Crippen molar-refractivity contribution in [3.8, 4) is 0 Å². The molecule has 0 heterocycles. The number of hydrogen-bond acceptors (Lipinski definition) is 1. The predicted octanol–water partition coefficient (Wildman–Crippen LogP) is 1.68. The van der Waals surface area contributed by atoms with Crippen LogP contribution in [0.1, 0.15) is 41.6 Å². The second kappa shape index (κ2) is 6.96. The first kappa shape index (κ1) is 15.3. The van der Waals surface area contributed by atoms with E-state index in [1.807, 2.05) is 19.1 Å². The molecule has 4 heteroatoms. The Labute approximate surface area is 122 Å². The Morgan fingerprint density at radius 1 is 1.35 bits per heavy atom. The van der Waals surface area contributed by atoms with E-state index in [2.05, 4.69) is 0 Å². The molecule has 0 aromatic heterocycles. The Kier molecular flexibility index (Phi) is 6.25. The number of benzene rings is 1. The van der Waals surface area contributed by atoms with E-state index in [4.69, 9.17) is 11.6 Å². The van der Waals surface area contributed by atoms with Crippen molar-refractivity contribution in [2.24, 2.45) is 0 Å². The van der Waals surface area contributed by atoms with Gasteiger partial charge in [0, 0.05) is 16.1 Å². The smallest absolute Gasteiger partial charge is 0.456 e. The monoisotopic (exact) mass is 260 g/mol. The van der Waals surface area contributed by atoms with Gasteiger partial charge in [-0.3, -0.25) is 0 Å². The molecule has 0 amide bonds.